The summed E-state index contributed by atoms with van der Waals surface area (Å²) in [5.41, 5.74) is 0.755. The number of para-hydroxylation sites is 1. The summed E-state index contributed by atoms with van der Waals surface area (Å²) in [5.74, 6) is -0.150. The number of aromatic nitrogens is 2. The first-order valence-corrected chi connectivity index (χ1v) is 7.99. The molecule has 0 bridgehead atoms. The third-order valence-corrected chi connectivity index (χ3v) is 4.31. The Morgan fingerprint density at radius 2 is 2.08 bits per heavy atom. The van der Waals surface area contributed by atoms with Crippen molar-refractivity contribution < 1.29 is 13.5 Å². The highest BCUT2D eigenvalue weighted by Gasteiger charge is 2.19. The molecule has 1 unspecified atom stereocenters. The zero-order valence-corrected chi connectivity index (χ0v) is 13.0. The fourth-order valence-electron chi connectivity index (χ4n) is 3.03. The molecule has 124 valence electrons. The van der Waals surface area contributed by atoms with Gasteiger partial charge in [-0.1, -0.05) is 12.1 Å². The molecule has 1 aromatic heterocycles. The van der Waals surface area contributed by atoms with Gasteiger partial charge in [0.2, 0.25) is 5.88 Å². The van der Waals surface area contributed by atoms with Crippen LogP contribution in [0.5, 0.6) is 5.88 Å². The number of ether oxygens (including phenoxy) is 1. The summed E-state index contributed by atoms with van der Waals surface area (Å²) >= 11 is 0. The van der Waals surface area contributed by atoms with Gasteiger partial charge in [-0.2, -0.15) is 0 Å². The van der Waals surface area contributed by atoms with E-state index >= 15 is 0 Å². The first kappa shape index (κ1) is 15.1. The molecule has 0 radical (unpaired) electrons. The second-order valence-corrected chi connectivity index (χ2v) is 6.00. The van der Waals surface area contributed by atoms with E-state index in [-0.39, 0.29) is 5.69 Å². The van der Waals surface area contributed by atoms with E-state index in [1.807, 2.05) is 24.3 Å². The average Bonchev–Trinajstić information content (AvgIpc) is 3.23. The third kappa shape index (κ3) is 2.73. The highest BCUT2D eigenvalue weighted by Crippen LogP contribution is 2.29. The van der Waals surface area contributed by atoms with Crippen LogP contribution in [0.3, 0.4) is 0 Å². The lowest BCUT2D eigenvalue weighted by molar-refractivity contribution is 0.252. The van der Waals surface area contributed by atoms with Gasteiger partial charge in [0.25, 0.3) is 0 Å². The first-order chi connectivity index (χ1) is 11.7. The van der Waals surface area contributed by atoms with E-state index in [0.29, 0.717) is 23.9 Å². The molecule has 3 aromatic rings. The number of fused-ring (bicyclic) bond motifs is 1. The van der Waals surface area contributed by atoms with Gasteiger partial charge in [0.15, 0.2) is 0 Å². The van der Waals surface area contributed by atoms with Crippen LogP contribution in [-0.4, -0.2) is 29.5 Å². The molecule has 1 fully saturated rings. The maximum Gasteiger partial charge on any atom is 0.241 e. The maximum atomic E-state index is 14.1. The summed E-state index contributed by atoms with van der Waals surface area (Å²) < 4.78 is 35.0. The molecule has 6 heteroatoms. The normalized spacial score (nSPS) is 17.5. The largest absolute Gasteiger partial charge is 0.476 e. The van der Waals surface area contributed by atoms with Gasteiger partial charge in [-0.25, -0.2) is 13.5 Å². The van der Waals surface area contributed by atoms with Gasteiger partial charge >= 0.3 is 0 Å². The molecule has 0 spiro atoms. The van der Waals surface area contributed by atoms with Crippen LogP contribution in [0.4, 0.5) is 8.78 Å². The summed E-state index contributed by atoms with van der Waals surface area (Å²) in [4.78, 5) is 0. The topological polar surface area (TPSA) is 39.1 Å². The van der Waals surface area contributed by atoms with Crippen molar-refractivity contribution in [3.63, 3.8) is 0 Å². The zero-order chi connectivity index (χ0) is 16.5. The van der Waals surface area contributed by atoms with Gasteiger partial charge in [0.05, 0.1) is 17.5 Å². The van der Waals surface area contributed by atoms with Gasteiger partial charge < -0.3 is 10.1 Å². The SMILES string of the molecule is Fc1ccc(F)c(-n2nc(OCC3CCNC3)c3ccccc32)c1. The molecule has 4 rings (SSSR count). The molecule has 1 saturated heterocycles. The molecule has 0 aliphatic carbocycles. The Hall–Kier alpha value is -2.47. The third-order valence-electron chi connectivity index (χ3n) is 4.31. The predicted octanol–water partition coefficient (Wildman–Crippen LogP) is 3.29. The lowest BCUT2D eigenvalue weighted by Crippen LogP contribution is -2.15. The molecule has 4 nitrogen and oxygen atoms in total. The Bertz CT molecular complexity index is 872. The lowest BCUT2D eigenvalue weighted by Gasteiger charge is -2.08. The van der Waals surface area contributed by atoms with Crippen LogP contribution in [0.25, 0.3) is 16.6 Å². The van der Waals surface area contributed by atoms with E-state index in [1.165, 1.54) is 4.68 Å². The van der Waals surface area contributed by atoms with Crippen molar-refractivity contribution >= 4 is 10.9 Å². The average molecular weight is 329 g/mol. The smallest absolute Gasteiger partial charge is 0.241 e. The van der Waals surface area contributed by atoms with Gasteiger partial charge in [-0.05, 0) is 37.2 Å². The van der Waals surface area contributed by atoms with E-state index in [9.17, 15) is 8.78 Å². The number of nitrogens with zero attached hydrogens (tertiary/aromatic N) is 2. The van der Waals surface area contributed by atoms with Crippen molar-refractivity contribution in [1.29, 1.82) is 0 Å². The van der Waals surface area contributed by atoms with Crippen molar-refractivity contribution in [3.05, 3.63) is 54.1 Å². The molecule has 0 saturated carbocycles. The molecule has 0 amide bonds. The van der Waals surface area contributed by atoms with Crippen LogP contribution >= 0.6 is 0 Å². The predicted molar refractivity (Wildman–Crippen MR) is 87.5 cm³/mol. The van der Waals surface area contributed by atoms with Gasteiger partial charge in [-0.15, -0.1) is 5.10 Å². The van der Waals surface area contributed by atoms with Crippen LogP contribution in [0.2, 0.25) is 0 Å². The Balaban J connectivity index is 1.74. The van der Waals surface area contributed by atoms with Crippen LogP contribution in [0, 0.1) is 17.6 Å². The number of hydrogen-bond donors (Lipinski definition) is 1. The summed E-state index contributed by atoms with van der Waals surface area (Å²) in [6.07, 6.45) is 1.07. The molecule has 2 aromatic carbocycles. The van der Waals surface area contributed by atoms with Crippen molar-refractivity contribution in [3.8, 4) is 11.6 Å². The molecule has 1 atom stereocenters. The highest BCUT2D eigenvalue weighted by atomic mass is 19.1. The van der Waals surface area contributed by atoms with Crippen molar-refractivity contribution in [2.45, 2.75) is 6.42 Å². The molecule has 1 aliphatic rings. The Morgan fingerprint density at radius 3 is 2.92 bits per heavy atom. The second kappa shape index (κ2) is 6.20. The van der Waals surface area contributed by atoms with Crippen LogP contribution in [-0.2, 0) is 0 Å². The summed E-state index contributed by atoms with van der Waals surface area (Å²) in [6, 6.07) is 10.7. The minimum absolute atomic E-state index is 0.0728. The minimum atomic E-state index is -0.531. The highest BCUT2D eigenvalue weighted by molar-refractivity contribution is 5.86. The van der Waals surface area contributed by atoms with Crippen LogP contribution in [0.15, 0.2) is 42.5 Å². The number of halogens is 2. The first-order valence-electron chi connectivity index (χ1n) is 7.99. The van der Waals surface area contributed by atoms with E-state index in [2.05, 4.69) is 10.4 Å². The Morgan fingerprint density at radius 1 is 1.21 bits per heavy atom. The minimum Gasteiger partial charge on any atom is -0.476 e. The van der Waals surface area contributed by atoms with E-state index in [4.69, 9.17) is 4.74 Å². The van der Waals surface area contributed by atoms with Gasteiger partial charge in [0, 0.05) is 18.5 Å². The lowest BCUT2D eigenvalue weighted by atomic mass is 10.1. The van der Waals surface area contributed by atoms with Crippen molar-refractivity contribution in [1.82, 2.24) is 15.1 Å². The molecule has 1 aliphatic heterocycles. The molecule has 2 heterocycles. The zero-order valence-electron chi connectivity index (χ0n) is 13.0. The molecular formula is C18H17F2N3O. The second-order valence-electron chi connectivity index (χ2n) is 6.00. The standard InChI is InChI=1S/C18H17F2N3O/c19-13-5-6-15(20)17(9-13)23-16-4-2-1-3-14(16)18(22-23)24-11-12-7-8-21-10-12/h1-6,9,12,21H,7-8,10-11H2. The van der Waals surface area contributed by atoms with Crippen molar-refractivity contribution in [2.75, 3.05) is 19.7 Å². The quantitative estimate of drug-likeness (QED) is 0.798. The number of hydrogen-bond acceptors (Lipinski definition) is 3. The van der Waals surface area contributed by atoms with E-state index in [0.717, 1.165) is 43.1 Å². The Kier molecular flexibility index (Phi) is 3.90. The van der Waals surface area contributed by atoms with E-state index < -0.39 is 11.6 Å². The fraction of sp³-hybridized carbons (Fsp3) is 0.278. The molecular weight excluding hydrogens is 312 g/mol. The summed E-state index contributed by atoms with van der Waals surface area (Å²) in [5, 5.41) is 8.47. The molecule has 24 heavy (non-hydrogen) atoms. The fourth-order valence-corrected chi connectivity index (χ4v) is 3.03. The van der Waals surface area contributed by atoms with Crippen LogP contribution < -0.4 is 10.1 Å². The van der Waals surface area contributed by atoms with Gasteiger partial charge in [-0.3, -0.25) is 0 Å². The summed E-state index contributed by atoms with van der Waals surface area (Å²) in [6.45, 7) is 2.48. The number of nitrogens with one attached hydrogen (secondary N) is 1. The monoisotopic (exact) mass is 329 g/mol. The molecule has 1 N–H and O–H groups in total. The maximum absolute atomic E-state index is 14.1. The van der Waals surface area contributed by atoms with Gasteiger partial charge in [0.1, 0.15) is 17.3 Å². The summed E-state index contributed by atoms with van der Waals surface area (Å²) in [7, 11) is 0. The van der Waals surface area contributed by atoms with Crippen molar-refractivity contribution in [2.24, 2.45) is 5.92 Å². The number of benzene rings is 2. The number of rotatable bonds is 4. The Labute approximate surface area is 138 Å². The van der Waals surface area contributed by atoms with E-state index in [1.54, 1.807) is 0 Å². The van der Waals surface area contributed by atoms with Crippen LogP contribution in [0.1, 0.15) is 6.42 Å².